The van der Waals surface area contributed by atoms with Gasteiger partial charge in [-0.15, -0.1) is 10.2 Å². The minimum absolute atomic E-state index is 0.188. The molecule has 162 valence electrons. The Balaban J connectivity index is 1.53. The van der Waals surface area contributed by atoms with Crippen molar-refractivity contribution < 1.29 is 9.53 Å². The predicted octanol–water partition coefficient (Wildman–Crippen LogP) is 4.30. The van der Waals surface area contributed by atoms with Crippen molar-refractivity contribution >= 4 is 17.7 Å². The Bertz CT molecular complexity index is 983. The SMILES string of the molecule is COc1ccc(-c2nnc(SCC(=O)N3CCCCC3)n2CCc2ccccc2)cc1. The van der Waals surface area contributed by atoms with Gasteiger partial charge in [0.2, 0.25) is 5.91 Å². The summed E-state index contributed by atoms with van der Waals surface area (Å²) in [5, 5.41) is 9.69. The van der Waals surface area contributed by atoms with Gasteiger partial charge in [-0.3, -0.25) is 4.79 Å². The Kier molecular flexibility index (Phi) is 7.25. The first-order valence-corrected chi connectivity index (χ1v) is 11.8. The molecule has 0 N–H and O–H groups in total. The Hall–Kier alpha value is -2.80. The van der Waals surface area contributed by atoms with Gasteiger partial charge in [0.15, 0.2) is 11.0 Å². The molecule has 0 bridgehead atoms. The summed E-state index contributed by atoms with van der Waals surface area (Å²) in [6.07, 6.45) is 4.29. The summed E-state index contributed by atoms with van der Waals surface area (Å²) in [6, 6.07) is 18.2. The summed E-state index contributed by atoms with van der Waals surface area (Å²) in [6.45, 7) is 2.49. The van der Waals surface area contributed by atoms with Gasteiger partial charge >= 0.3 is 0 Å². The lowest BCUT2D eigenvalue weighted by molar-refractivity contribution is -0.129. The number of piperidine rings is 1. The van der Waals surface area contributed by atoms with Crippen LogP contribution >= 0.6 is 11.8 Å². The topological polar surface area (TPSA) is 60.3 Å². The molecule has 1 amide bonds. The molecule has 3 aromatic rings. The Morgan fingerprint density at radius 2 is 1.74 bits per heavy atom. The number of hydrogen-bond acceptors (Lipinski definition) is 5. The molecule has 2 aromatic carbocycles. The van der Waals surface area contributed by atoms with Crippen LogP contribution in [0.1, 0.15) is 24.8 Å². The standard InChI is InChI=1S/C24H28N4O2S/c1-30-21-12-10-20(11-13-21)23-25-26-24(28(23)17-14-19-8-4-2-5-9-19)31-18-22(29)27-15-6-3-7-16-27/h2,4-5,8-13H,3,6-7,14-18H2,1H3. The minimum Gasteiger partial charge on any atom is -0.497 e. The molecule has 1 aliphatic rings. The van der Waals surface area contributed by atoms with Crippen LogP contribution in [0.15, 0.2) is 59.8 Å². The molecular weight excluding hydrogens is 408 g/mol. The highest BCUT2D eigenvalue weighted by atomic mass is 32.2. The van der Waals surface area contributed by atoms with E-state index in [1.807, 2.05) is 35.2 Å². The molecule has 0 saturated carbocycles. The Morgan fingerprint density at radius 3 is 2.45 bits per heavy atom. The maximum atomic E-state index is 12.6. The summed E-state index contributed by atoms with van der Waals surface area (Å²) >= 11 is 1.48. The lowest BCUT2D eigenvalue weighted by Crippen LogP contribution is -2.36. The number of carbonyl (C=O) groups is 1. The normalized spacial score (nSPS) is 13.9. The van der Waals surface area contributed by atoms with E-state index in [-0.39, 0.29) is 5.91 Å². The fraction of sp³-hybridized carbons (Fsp3) is 0.375. The molecular formula is C24H28N4O2S. The number of carbonyl (C=O) groups excluding carboxylic acids is 1. The number of benzene rings is 2. The lowest BCUT2D eigenvalue weighted by atomic mass is 10.1. The number of thioether (sulfide) groups is 1. The van der Waals surface area contributed by atoms with Crippen molar-refractivity contribution in [2.45, 2.75) is 37.4 Å². The number of amides is 1. The molecule has 1 saturated heterocycles. The van der Waals surface area contributed by atoms with Crippen molar-refractivity contribution in [3.05, 3.63) is 60.2 Å². The number of likely N-dealkylation sites (tertiary alicyclic amines) is 1. The Labute approximate surface area is 187 Å². The van der Waals surface area contributed by atoms with E-state index < -0.39 is 0 Å². The van der Waals surface area contributed by atoms with Crippen molar-refractivity contribution in [1.29, 1.82) is 0 Å². The molecule has 0 unspecified atom stereocenters. The third kappa shape index (κ3) is 5.47. The number of ether oxygens (including phenoxy) is 1. The highest BCUT2D eigenvalue weighted by Crippen LogP contribution is 2.26. The monoisotopic (exact) mass is 436 g/mol. The molecule has 0 spiro atoms. The van der Waals surface area contributed by atoms with E-state index >= 15 is 0 Å². The van der Waals surface area contributed by atoms with Crippen LogP contribution < -0.4 is 4.74 Å². The van der Waals surface area contributed by atoms with Crippen LogP contribution in [0.2, 0.25) is 0 Å². The average Bonchev–Trinajstić information content (AvgIpc) is 3.25. The van der Waals surface area contributed by atoms with Gasteiger partial charge in [-0.1, -0.05) is 42.1 Å². The molecule has 1 fully saturated rings. The largest absolute Gasteiger partial charge is 0.497 e. The fourth-order valence-corrected chi connectivity index (χ4v) is 4.66. The van der Waals surface area contributed by atoms with E-state index in [1.165, 1.54) is 23.7 Å². The second kappa shape index (κ2) is 10.5. The second-order valence-electron chi connectivity index (χ2n) is 7.65. The van der Waals surface area contributed by atoms with E-state index in [4.69, 9.17) is 4.74 Å². The molecule has 0 atom stereocenters. The number of aromatic nitrogens is 3. The summed E-state index contributed by atoms with van der Waals surface area (Å²) in [5.41, 5.74) is 2.24. The van der Waals surface area contributed by atoms with Crippen molar-refractivity contribution in [2.24, 2.45) is 0 Å². The van der Waals surface area contributed by atoms with Gasteiger partial charge < -0.3 is 14.2 Å². The third-order valence-corrected chi connectivity index (χ3v) is 6.52. The van der Waals surface area contributed by atoms with Gasteiger partial charge in [-0.25, -0.2) is 0 Å². The quantitative estimate of drug-likeness (QED) is 0.493. The highest BCUT2D eigenvalue weighted by Gasteiger charge is 2.20. The first-order valence-electron chi connectivity index (χ1n) is 10.8. The van der Waals surface area contributed by atoms with Gasteiger partial charge in [0.1, 0.15) is 5.75 Å². The summed E-state index contributed by atoms with van der Waals surface area (Å²) < 4.78 is 7.41. The first-order chi connectivity index (χ1) is 15.2. The predicted molar refractivity (Wildman–Crippen MR) is 123 cm³/mol. The summed E-state index contributed by atoms with van der Waals surface area (Å²) in [7, 11) is 1.66. The molecule has 6 nitrogen and oxygen atoms in total. The van der Waals surface area contributed by atoms with Crippen LogP contribution in [0.5, 0.6) is 5.75 Å². The number of aryl methyl sites for hydroxylation is 1. The van der Waals surface area contributed by atoms with Crippen LogP contribution in [0.3, 0.4) is 0 Å². The number of methoxy groups -OCH3 is 1. The van der Waals surface area contributed by atoms with E-state index in [0.29, 0.717) is 5.75 Å². The number of rotatable bonds is 8. The van der Waals surface area contributed by atoms with E-state index in [2.05, 4.69) is 39.0 Å². The molecule has 7 heteroatoms. The zero-order chi connectivity index (χ0) is 21.5. The van der Waals surface area contributed by atoms with Crippen molar-refractivity contribution in [2.75, 3.05) is 26.0 Å². The smallest absolute Gasteiger partial charge is 0.233 e. The second-order valence-corrected chi connectivity index (χ2v) is 8.59. The zero-order valence-corrected chi connectivity index (χ0v) is 18.7. The minimum atomic E-state index is 0.188. The maximum absolute atomic E-state index is 12.6. The van der Waals surface area contributed by atoms with Crippen LogP contribution in [-0.2, 0) is 17.8 Å². The number of hydrogen-bond donors (Lipinski definition) is 0. The molecule has 4 rings (SSSR count). The van der Waals surface area contributed by atoms with E-state index in [0.717, 1.165) is 61.2 Å². The van der Waals surface area contributed by atoms with Gasteiger partial charge in [0.25, 0.3) is 0 Å². The molecule has 2 heterocycles. The highest BCUT2D eigenvalue weighted by molar-refractivity contribution is 7.99. The van der Waals surface area contributed by atoms with Gasteiger partial charge in [0, 0.05) is 25.2 Å². The lowest BCUT2D eigenvalue weighted by Gasteiger charge is -2.26. The van der Waals surface area contributed by atoms with Crippen molar-refractivity contribution in [1.82, 2.24) is 19.7 Å². The van der Waals surface area contributed by atoms with Gasteiger partial charge in [-0.2, -0.15) is 0 Å². The molecule has 0 aliphatic carbocycles. The van der Waals surface area contributed by atoms with Gasteiger partial charge in [-0.05, 0) is 55.5 Å². The first kappa shape index (κ1) is 21.4. The van der Waals surface area contributed by atoms with Crippen LogP contribution in [0.4, 0.5) is 0 Å². The maximum Gasteiger partial charge on any atom is 0.233 e. The fourth-order valence-electron chi connectivity index (χ4n) is 3.80. The van der Waals surface area contributed by atoms with E-state index in [9.17, 15) is 4.79 Å². The average molecular weight is 437 g/mol. The zero-order valence-electron chi connectivity index (χ0n) is 17.9. The van der Waals surface area contributed by atoms with Crippen LogP contribution in [0.25, 0.3) is 11.4 Å². The summed E-state index contributed by atoms with van der Waals surface area (Å²) in [4.78, 5) is 14.6. The molecule has 1 aromatic heterocycles. The van der Waals surface area contributed by atoms with Gasteiger partial charge in [0.05, 0.1) is 12.9 Å². The van der Waals surface area contributed by atoms with Crippen LogP contribution in [-0.4, -0.2) is 51.5 Å². The Morgan fingerprint density at radius 1 is 1.00 bits per heavy atom. The molecule has 0 radical (unpaired) electrons. The molecule has 1 aliphatic heterocycles. The summed E-state index contributed by atoms with van der Waals surface area (Å²) in [5.74, 6) is 2.20. The number of nitrogens with zero attached hydrogens (tertiary/aromatic N) is 4. The van der Waals surface area contributed by atoms with Crippen molar-refractivity contribution in [3.8, 4) is 17.1 Å². The van der Waals surface area contributed by atoms with Crippen molar-refractivity contribution in [3.63, 3.8) is 0 Å². The van der Waals surface area contributed by atoms with E-state index in [1.54, 1.807) is 7.11 Å². The third-order valence-electron chi connectivity index (χ3n) is 5.57. The molecule has 31 heavy (non-hydrogen) atoms. The van der Waals surface area contributed by atoms with Crippen LogP contribution in [0, 0.1) is 0 Å².